The van der Waals surface area contributed by atoms with Gasteiger partial charge in [-0.2, -0.15) is 0 Å². The third-order valence-corrected chi connectivity index (χ3v) is 6.70. The number of piperidine rings is 1. The van der Waals surface area contributed by atoms with Gasteiger partial charge >= 0.3 is 5.97 Å². The first-order valence-corrected chi connectivity index (χ1v) is 10.1. The van der Waals surface area contributed by atoms with E-state index in [9.17, 15) is 19.5 Å². The summed E-state index contributed by atoms with van der Waals surface area (Å²) in [4.78, 5) is 40.5. The Bertz CT molecular complexity index is 992. The van der Waals surface area contributed by atoms with Gasteiger partial charge in [0.25, 0.3) is 5.91 Å². The average Bonchev–Trinajstić information content (AvgIpc) is 3.08. The molecule has 1 N–H and O–H groups in total. The number of amides is 2. The number of nitrogens with zero attached hydrogens (tertiary/aromatic N) is 2. The molecule has 0 radical (unpaired) electrons. The predicted octanol–water partition coefficient (Wildman–Crippen LogP) is 3.08. The highest BCUT2D eigenvalue weighted by Crippen LogP contribution is 2.44. The molecule has 1 atom stereocenters. The highest BCUT2D eigenvalue weighted by Gasteiger charge is 2.50. The first-order valence-electron chi connectivity index (χ1n) is 10.1. The van der Waals surface area contributed by atoms with Crippen LogP contribution >= 0.6 is 0 Å². The number of fused-ring (bicyclic) bond motifs is 1. The molecule has 2 heterocycles. The van der Waals surface area contributed by atoms with Crippen molar-refractivity contribution in [1.82, 2.24) is 9.80 Å². The van der Waals surface area contributed by atoms with Crippen LogP contribution in [0.15, 0.2) is 36.4 Å². The van der Waals surface area contributed by atoms with Crippen molar-refractivity contribution in [2.45, 2.75) is 39.2 Å². The van der Waals surface area contributed by atoms with Gasteiger partial charge in [-0.3, -0.25) is 9.59 Å². The number of carbonyl (C=O) groups is 3. The van der Waals surface area contributed by atoms with Crippen LogP contribution in [-0.2, 0) is 9.59 Å². The number of benzene rings is 2. The Labute approximate surface area is 170 Å². The van der Waals surface area contributed by atoms with Gasteiger partial charge in [0.1, 0.15) is 6.04 Å². The third kappa shape index (κ3) is 3.37. The van der Waals surface area contributed by atoms with E-state index in [4.69, 9.17) is 0 Å². The van der Waals surface area contributed by atoms with Crippen LogP contribution in [0, 0.1) is 12.3 Å². The standard InChI is InChI=1S/C23H26N2O4/c1-15-7-8-19(18-6-4-3-5-17(15)18)21(27)25-14-23(13-20(25)22(28)29)9-11-24(12-10-23)16(2)26/h3-8,20H,9-14H2,1-2H3,(H,28,29). The maximum Gasteiger partial charge on any atom is 0.326 e. The maximum absolute atomic E-state index is 13.5. The molecule has 1 spiro atoms. The molecular weight excluding hydrogens is 368 g/mol. The number of aryl methyl sites for hydroxylation is 1. The van der Waals surface area contributed by atoms with Gasteiger partial charge < -0.3 is 14.9 Å². The minimum atomic E-state index is -0.958. The van der Waals surface area contributed by atoms with Crippen molar-refractivity contribution in [3.05, 3.63) is 47.5 Å². The lowest BCUT2D eigenvalue weighted by atomic mass is 9.76. The van der Waals surface area contributed by atoms with Crippen molar-refractivity contribution in [2.75, 3.05) is 19.6 Å². The Hall–Kier alpha value is -2.89. The lowest BCUT2D eigenvalue weighted by molar-refractivity contribution is -0.141. The first-order chi connectivity index (χ1) is 13.8. The number of rotatable bonds is 2. The van der Waals surface area contributed by atoms with Crippen molar-refractivity contribution >= 4 is 28.6 Å². The van der Waals surface area contributed by atoms with Crippen molar-refractivity contribution in [1.29, 1.82) is 0 Å². The molecule has 2 aromatic rings. The van der Waals surface area contributed by atoms with Crippen LogP contribution in [0.5, 0.6) is 0 Å². The number of aliphatic carboxylic acids is 1. The Morgan fingerprint density at radius 1 is 1.03 bits per heavy atom. The fourth-order valence-corrected chi connectivity index (χ4v) is 4.94. The van der Waals surface area contributed by atoms with Gasteiger partial charge in [0.2, 0.25) is 5.91 Å². The lowest BCUT2D eigenvalue weighted by Crippen LogP contribution is -2.44. The molecule has 29 heavy (non-hydrogen) atoms. The number of likely N-dealkylation sites (tertiary alicyclic amines) is 2. The molecule has 2 aliphatic heterocycles. The second kappa shape index (κ2) is 7.17. The molecular formula is C23H26N2O4. The van der Waals surface area contributed by atoms with Crippen LogP contribution in [0.3, 0.4) is 0 Å². The fourth-order valence-electron chi connectivity index (χ4n) is 4.94. The second-order valence-corrected chi connectivity index (χ2v) is 8.47. The molecule has 2 fully saturated rings. The number of carboxylic acids is 1. The second-order valence-electron chi connectivity index (χ2n) is 8.47. The zero-order valence-corrected chi connectivity index (χ0v) is 16.9. The molecule has 1 unspecified atom stereocenters. The van der Waals surface area contributed by atoms with Gasteiger partial charge in [0.05, 0.1) is 0 Å². The molecule has 2 aliphatic rings. The molecule has 2 amide bonds. The topological polar surface area (TPSA) is 77.9 Å². The summed E-state index contributed by atoms with van der Waals surface area (Å²) in [5, 5.41) is 11.7. The number of carboxylic acid groups (broad SMARTS) is 1. The SMILES string of the molecule is CC(=O)N1CCC2(CC1)CC(C(=O)O)N(C(=O)c1ccc(C)c3ccccc13)C2. The number of carbonyl (C=O) groups excluding carboxylic acids is 2. The molecule has 2 aromatic carbocycles. The van der Waals surface area contributed by atoms with Gasteiger partial charge in [0, 0.05) is 32.1 Å². The maximum atomic E-state index is 13.5. The van der Waals surface area contributed by atoms with E-state index < -0.39 is 12.0 Å². The highest BCUT2D eigenvalue weighted by atomic mass is 16.4. The normalized spacial score (nSPS) is 21.0. The van der Waals surface area contributed by atoms with E-state index in [-0.39, 0.29) is 17.2 Å². The minimum absolute atomic E-state index is 0.0479. The van der Waals surface area contributed by atoms with E-state index in [1.165, 1.54) is 0 Å². The summed E-state index contributed by atoms with van der Waals surface area (Å²) in [6, 6.07) is 10.6. The summed E-state index contributed by atoms with van der Waals surface area (Å²) in [6.07, 6.45) is 1.91. The van der Waals surface area contributed by atoms with Crippen LogP contribution in [0.25, 0.3) is 10.8 Å². The summed E-state index contributed by atoms with van der Waals surface area (Å²) in [5.41, 5.74) is 1.41. The molecule has 0 aromatic heterocycles. The van der Waals surface area contributed by atoms with E-state index in [0.29, 0.717) is 31.6 Å². The zero-order chi connectivity index (χ0) is 20.8. The Kier molecular flexibility index (Phi) is 4.81. The van der Waals surface area contributed by atoms with Gasteiger partial charge in [-0.15, -0.1) is 0 Å². The van der Waals surface area contributed by atoms with Crippen molar-refractivity contribution < 1.29 is 19.5 Å². The van der Waals surface area contributed by atoms with Crippen LogP contribution in [0.2, 0.25) is 0 Å². The highest BCUT2D eigenvalue weighted by molar-refractivity contribution is 6.08. The van der Waals surface area contributed by atoms with Gasteiger partial charge in [-0.05, 0) is 54.0 Å². The van der Waals surface area contributed by atoms with E-state index in [2.05, 4.69) is 0 Å². The van der Waals surface area contributed by atoms with E-state index in [1.807, 2.05) is 43.3 Å². The van der Waals surface area contributed by atoms with Gasteiger partial charge in [0.15, 0.2) is 0 Å². The van der Waals surface area contributed by atoms with Crippen LogP contribution in [0.1, 0.15) is 42.1 Å². The summed E-state index contributed by atoms with van der Waals surface area (Å²) in [7, 11) is 0. The monoisotopic (exact) mass is 394 g/mol. The molecule has 2 saturated heterocycles. The molecule has 6 heteroatoms. The molecule has 152 valence electrons. The zero-order valence-electron chi connectivity index (χ0n) is 16.9. The fraction of sp³-hybridized carbons (Fsp3) is 0.435. The Balaban J connectivity index is 1.65. The smallest absolute Gasteiger partial charge is 0.326 e. The quantitative estimate of drug-likeness (QED) is 0.849. The van der Waals surface area contributed by atoms with E-state index in [0.717, 1.165) is 29.2 Å². The number of hydrogen-bond donors (Lipinski definition) is 1. The molecule has 0 saturated carbocycles. The van der Waals surface area contributed by atoms with Gasteiger partial charge in [-0.25, -0.2) is 4.79 Å². The molecule has 6 nitrogen and oxygen atoms in total. The third-order valence-electron chi connectivity index (χ3n) is 6.70. The minimum Gasteiger partial charge on any atom is -0.480 e. The van der Waals surface area contributed by atoms with Crippen molar-refractivity contribution in [3.63, 3.8) is 0 Å². The summed E-state index contributed by atoms with van der Waals surface area (Å²) >= 11 is 0. The van der Waals surface area contributed by atoms with E-state index in [1.54, 1.807) is 16.7 Å². The van der Waals surface area contributed by atoms with Crippen molar-refractivity contribution in [3.8, 4) is 0 Å². The summed E-state index contributed by atoms with van der Waals surface area (Å²) in [5.74, 6) is -1.13. The predicted molar refractivity (Wildman–Crippen MR) is 110 cm³/mol. The molecule has 0 bridgehead atoms. The summed E-state index contributed by atoms with van der Waals surface area (Å²) in [6.45, 7) is 5.24. The number of hydrogen-bond acceptors (Lipinski definition) is 3. The average molecular weight is 394 g/mol. The van der Waals surface area contributed by atoms with Gasteiger partial charge in [-0.1, -0.05) is 30.3 Å². The summed E-state index contributed by atoms with van der Waals surface area (Å²) < 4.78 is 0. The lowest BCUT2D eigenvalue weighted by Gasteiger charge is -2.38. The largest absolute Gasteiger partial charge is 0.480 e. The molecule has 0 aliphatic carbocycles. The van der Waals surface area contributed by atoms with Crippen LogP contribution in [-0.4, -0.2) is 58.4 Å². The van der Waals surface area contributed by atoms with Crippen molar-refractivity contribution in [2.24, 2.45) is 5.41 Å². The Morgan fingerprint density at radius 3 is 2.31 bits per heavy atom. The van der Waals surface area contributed by atoms with Crippen LogP contribution < -0.4 is 0 Å². The first kappa shape index (κ1) is 19.4. The Morgan fingerprint density at radius 2 is 1.69 bits per heavy atom. The molecule has 4 rings (SSSR count). The van der Waals surface area contributed by atoms with Crippen LogP contribution in [0.4, 0.5) is 0 Å². The van der Waals surface area contributed by atoms with E-state index >= 15 is 0 Å².